The van der Waals surface area contributed by atoms with E-state index in [0.29, 0.717) is 22.4 Å². The Morgan fingerprint density at radius 1 is 1.00 bits per heavy atom. The fourth-order valence-electron chi connectivity index (χ4n) is 2.51. The smallest absolute Gasteiger partial charge is 0.341 e. The monoisotopic (exact) mass is 370 g/mol. The molecule has 2 aromatic carbocycles. The van der Waals surface area contributed by atoms with Gasteiger partial charge >= 0.3 is 11.9 Å². The Morgan fingerprint density at radius 2 is 1.74 bits per heavy atom. The van der Waals surface area contributed by atoms with Crippen molar-refractivity contribution in [2.24, 2.45) is 0 Å². The van der Waals surface area contributed by atoms with Crippen LogP contribution in [0, 0.1) is 6.92 Å². The molecule has 0 aliphatic heterocycles. The Morgan fingerprint density at radius 3 is 2.41 bits per heavy atom. The molecule has 6 nitrogen and oxygen atoms in total. The highest BCUT2D eigenvalue weighted by Gasteiger charge is 2.17. The van der Waals surface area contributed by atoms with E-state index < -0.39 is 11.9 Å². The van der Waals surface area contributed by atoms with Crippen LogP contribution in [0.5, 0.6) is 5.75 Å². The summed E-state index contributed by atoms with van der Waals surface area (Å²) < 4.78 is 20.5. The Labute approximate surface area is 158 Å². The average Bonchev–Trinajstić information content (AvgIpc) is 2.70. The van der Waals surface area contributed by atoms with E-state index in [9.17, 15) is 9.59 Å². The second-order valence-electron chi connectivity index (χ2n) is 5.68. The van der Waals surface area contributed by atoms with Crippen LogP contribution < -0.4 is 4.74 Å². The minimum atomic E-state index is -0.506. The number of esters is 2. The Bertz CT molecular complexity index is 854. The quantitative estimate of drug-likeness (QED) is 0.422. The van der Waals surface area contributed by atoms with Crippen molar-refractivity contribution in [2.75, 3.05) is 21.3 Å². The van der Waals surface area contributed by atoms with E-state index in [1.807, 2.05) is 25.1 Å². The molecule has 0 unspecified atom stereocenters. The van der Waals surface area contributed by atoms with Crippen LogP contribution in [0.1, 0.15) is 27.0 Å². The third-order valence-corrected chi connectivity index (χ3v) is 3.94. The Hall–Kier alpha value is -3.28. The summed E-state index contributed by atoms with van der Waals surface area (Å²) in [6.07, 6.45) is 1.34. The predicted molar refractivity (Wildman–Crippen MR) is 100 cm³/mol. The van der Waals surface area contributed by atoms with Crippen LogP contribution in [-0.2, 0) is 25.6 Å². The minimum Gasteiger partial charge on any atom is -0.503 e. The third-order valence-electron chi connectivity index (χ3n) is 3.94. The standard InChI is InChI=1S/C21H22O6/c1-14-9-10-15(20(22)25-3)11-19(14)27-12-16-7-5-6-8-17(16)18(13-24-2)21(23)26-4/h5-11,13H,12H2,1-4H3/b18-13-. The topological polar surface area (TPSA) is 71.1 Å². The number of benzene rings is 2. The molecule has 0 bridgehead atoms. The maximum Gasteiger partial charge on any atom is 0.341 e. The zero-order chi connectivity index (χ0) is 19.8. The van der Waals surface area contributed by atoms with E-state index in [2.05, 4.69) is 0 Å². The van der Waals surface area contributed by atoms with Crippen molar-refractivity contribution in [3.63, 3.8) is 0 Å². The van der Waals surface area contributed by atoms with E-state index in [-0.39, 0.29) is 6.61 Å². The molecule has 6 heteroatoms. The van der Waals surface area contributed by atoms with Crippen LogP contribution >= 0.6 is 0 Å². The highest BCUT2D eigenvalue weighted by molar-refractivity contribution is 6.16. The number of ether oxygens (including phenoxy) is 4. The third kappa shape index (κ3) is 4.88. The van der Waals surface area contributed by atoms with Crippen molar-refractivity contribution >= 4 is 17.5 Å². The van der Waals surface area contributed by atoms with Crippen LogP contribution in [0.4, 0.5) is 0 Å². The van der Waals surface area contributed by atoms with E-state index in [4.69, 9.17) is 18.9 Å². The fraction of sp³-hybridized carbons (Fsp3) is 0.238. The number of hydrogen-bond donors (Lipinski definition) is 0. The molecule has 0 radical (unpaired) electrons. The fourth-order valence-corrected chi connectivity index (χ4v) is 2.51. The highest BCUT2D eigenvalue weighted by Crippen LogP contribution is 2.25. The summed E-state index contributed by atoms with van der Waals surface area (Å²) in [5, 5.41) is 0. The van der Waals surface area contributed by atoms with Crippen LogP contribution in [0.25, 0.3) is 5.57 Å². The molecule has 142 valence electrons. The molecule has 2 rings (SSSR count). The lowest BCUT2D eigenvalue weighted by molar-refractivity contribution is -0.133. The summed E-state index contributed by atoms with van der Waals surface area (Å²) in [5.41, 5.74) is 2.99. The van der Waals surface area contributed by atoms with Gasteiger partial charge in [0, 0.05) is 0 Å². The van der Waals surface area contributed by atoms with Gasteiger partial charge in [-0.25, -0.2) is 9.59 Å². The lowest BCUT2D eigenvalue weighted by atomic mass is 10.0. The van der Waals surface area contributed by atoms with Gasteiger partial charge in [0.15, 0.2) is 0 Å². The van der Waals surface area contributed by atoms with E-state index >= 15 is 0 Å². The van der Waals surface area contributed by atoms with Crippen molar-refractivity contribution in [3.8, 4) is 5.75 Å². The van der Waals surface area contributed by atoms with Crippen molar-refractivity contribution in [3.05, 3.63) is 71.0 Å². The first kappa shape index (κ1) is 20.0. The number of hydrogen-bond acceptors (Lipinski definition) is 6. The van der Waals surface area contributed by atoms with Crippen molar-refractivity contribution in [1.29, 1.82) is 0 Å². The molecule has 0 aromatic heterocycles. The largest absolute Gasteiger partial charge is 0.503 e. The summed E-state index contributed by atoms with van der Waals surface area (Å²) in [5.74, 6) is -0.382. The van der Waals surface area contributed by atoms with Gasteiger partial charge in [0.05, 0.1) is 33.2 Å². The van der Waals surface area contributed by atoms with Gasteiger partial charge in [0.1, 0.15) is 17.9 Å². The number of rotatable bonds is 7. The van der Waals surface area contributed by atoms with Gasteiger partial charge in [-0.1, -0.05) is 30.3 Å². The van der Waals surface area contributed by atoms with Crippen LogP contribution in [0.2, 0.25) is 0 Å². The molecular weight excluding hydrogens is 348 g/mol. The van der Waals surface area contributed by atoms with Crippen LogP contribution in [0.3, 0.4) is 0 Å². The minimum absolute atomic E-state index is 0.194. The molecule has 0 amide bonds. The average molecular weight is 370 g/mol. The Kier molecular flexibility index (Phi) is 7.00. The number of carbonyl (C=O) groups excluding carboxylic acids is 2. The zero-order valence-electron chi connectivity index (χ0n) is 15.8. The molecule has 0 aliphatic carbocycles. The summed E-state index contributed by atoms with van der Waals surface area (Å²) in [6, 6.07) is 12.4. The maximum atomic E-state index is 12.1. The first-order valence-corrected chi connectivity index (χ1v) is 8.23. The molecular formula is C21H22O6. The van der Waals surface area contributed by atoms with Gasteiger partial charge in [-0.05, 0) is 35.7 Å². The van der Waals surface area contributed by atoms with E-state index in [0.717, 1.165) is 11.1 Å². The van der Waals surface area contributed by atoms with E-state index in [1.54, 1.807) is 24.3 Å². The molecule has 0 heterocycles. The maximum absolute atomic E-state index is 12.1. The van der Waals surface area contributed by atoms with Gasteiger partial charge in [-0.3, -0.25) is 0 Å². The molecule has 27 heavy (non-hydrogen) atoms. The molecule has 0 spiro atoms. The second-order valence-corrected chi connectivity index (χ2v) is 5.68. The summed E-state index contributed by atoms with van der Waals surface area (Å²) >= 11 is 0. The van der Waals surface area contributed by atoms with Crippen LogP contribution in [0.15, 0.2) is 48.7 Å². The van der Waals surface area contributed by atoms with Gasteiger partial charge in [-0.2, -0.15) is 0 Å². The number of methoxy groups -OCH3 is 3. The molecule has 0 fully saturated rings. The molecule has 0 N–H and O–H groups in total. The summed E-state index contributed by atoms with van der Waals surface area (Å²) in [7, 11) is 4.10. The number of aryl methyl sites for hydroxylation is 1. The lowest BCUT2D eigenvalue weighted by Gasteiger charge is -2.14. The molecule has 0 atom stereocenters. The van der Waals surface area contributed by atoms with Gasteiger partial charge in [0.25, 0.3) is 0 Å². The Balaban J connectivity index is 2.31. The first-order valence-electron chi connectivity index (χ1n) is 8.23. The van der Waals surface area contributed by atoms with E-state index in [1.165, 1.54) is 27.6 Å². The number of carbonyl (C=O) groups is 2. The summed E-state index contributed by atoms with van der Waals surface area (Å²) in [4.78, 5) is 23.8. The molecule has 0 aliphatic rings. The van der Waals surface area contributed by atoms with Crippen molar-refractivity contribution in [2.45, 2.75) is 13.5 Å². The molecule has 2 aromatic rings. The highest BCUT2D eigenvalue weighted by atomic mass is 16.5. The zero-order valence-corrected chi connectivity index (χ0v) is 15.8. The van der Waals surface area contributed by atoms with Gasteiger partial charge in [0.2, 0.25) is 0 Å². The molecule has 0 saturated heterocycles. The normalized spacial score (nSPS) is 10.9. The van der Waals surface area contributed by atoms with Gasteiger partial charge < -0.3 is 18.9 Å². The molecule has 0 saturated carbocycles. The van der Waals surface area contributed by atoms with Crippen molar-refractivity contribution < 1.29 is 28.5 Å². The SMILES string of the molecule is CO/C=C(\C(=O)OC)c1ccccc1COc1cc(C(=O)OC)ccc1C. The van der Waals surface area contributed by atoms with Crippen molar-refractivity contribution in [1.82, 2.24) is 0 Å². The first-order chi connectivity index (χ1) is 13.0. The summed E-state index contributed by atoms with van der Waals surface area (Å²) in [6.45, 7) is 2.08. The van der Waals surface area contributed by atoms with Crippen LogP contribution in [-0.4, -0.2) is 33.3 Å². The predicted octanol–water partition coefficient (Wildman–Crippen LogP) is 3.52. The second kappa shape index (κ2) is 9.43. The lowest BCUT2D eigenvalue weighted by Crippen LogP contribution is -2.09. The van der Waals surface area contributed by atoms with Gasteiger partial charge in [-0.15, -0.1) is 0 Å².